The first-order valence-electron chi connectivity index (χ1n) is 9.59. The molecule has 2 amide bonds. The number of anilines is 1. The van der Waals surface area contributed by atoms with Gasteiger partial charge in [-0.15, -0.1) is 0 Å². The number of nitriles is 1. The van der Waals surface area contributed by atoms with Crippen molar-refractivity contribution in [2.24, 2.45) is 0 Å². The van der Waals surface area contributed by atoms with Gasteiger partial charge in [-0.2, -0.15) is 5.26 Å². The van der Waals surface area contributed by atoms with E-state index in [2.05, 4.69) is 5.32 Å². The van der Waals surface area contributed by atoms with Gasteiger partial charge >= 0.3 is 0 Å². The van der Waals surface area contributed by atoms with Crippen molar-refractivity contribution >= 4 is 35.2 Å². The minimum absolute atomic E-state index is 0.104. The van der Waals surface area contributed by atoms with Crippen LogP contribution in [0, 0.1) is 11.3 Å². The number of amides is 2. The van der Waals surface area contributed by atoms with Gasteiger partial charge in [-0.3, -0.25) is 9.59 Å². The van der Waals surface area contributed by atoms with Crippen LogP contribution in [-0.4, -0.2) is 43.5 Å². The maximum Gasteiger partial charge on any atom is 0.266 e. The van der Waals surface area contributed by atoms with Crippen LogP contribution in [0.25, 0.3) is 6.08 Å². The van der Waals surface area contributed by atoms with E-state index in [0.717, 1.165) is 0 Å². The summed E-state index contributed by atoms with van der Waals surface area (Å²) in [6.45, 7) is 3.84. The number of hydrogen-bond donors (Lipinski definition) is 1. The number of nitrogens with zero attached hydrogens (tertiary/aromatic N) is 2. The lowest BCUT2D eigenvalue weighted by Gasteiger charge is -2.20. The Morgan fingerprint density at radius 1 is 1.23 bits per heavy atom. The topological polar surface area (TPSA) is 91.7 Å². The molecule has 0 fully saturated rings. The first-order chi connectivity index (χ1) is 14.8. The van der Waals surface area contributed by atoms with Crippen molar-refractivity contribution < 1.29 is 19.1 Å². The lowest BCUT2D eigenvalue weighted by atomic mass is 10.1. The summed E-state index contributed by atoms with van der Waals surface area (Å²) in [7, 11) is 3.30. The van der Waals surface area contributed by atoms with Crippen LogP contribution in [-0.2, 0) is 9.59 Å². The smallest absolute Gasteiger partial charge is 0.266 e. The van der Waals surface area contributed by atoms with Crippen LogP contribution >= 0.6 is 11.6 Å². The highest BCUT2D eigenvalue weighted by atomic mass is 35.5. The number of hydrogen-bond acceptors (Lipinski definition) is 5. The van der Waals surface area contributed by atoms with Gasteiger partial charge in [0.15, 0.2) is 17.6 Å². The fourth-order valence-corrected chi connectivity index (χ4v) is 2.84. The molecule has 1 atom stereocenters. The summed E-state index contributed by atoms with van der Waals surface area (Å²) >= 11 is 6.06. The zero-order valence-electron chi connectivity index (χ0n) is 17.8. The highest BCUT2D eigenvalue weighted by Crippen LogP contribution is 2.30. The van der Waals surface area contributed by atoms with Gasteiger partial charge < -0.3 is 19.7 Å². The lowest BCUT2D eigenvalue weighted by Crippen LogP contribution is -2.35. The minimum atomic E-state index is -0.702. The monoisotopic (exact) mass is 441 g/mol. The Kier molecular flexibility index (Phi) is 8.47. The average Bonchev–Trinajstić information content (AvgIpc) is 2.74. The molecule has 0 aromatic heterocycles. The van der Waals surface area contributed by atoms with Crippen molar-refractivity contribution in [1.29, 1.82) is 5.26 Å². The Hall–Kier alpha value is -3.50. The first-order valence-corrected chi connectivity index (χ1v) is 9.97. The zero-order valence-corrected chi connectivity index (χ0v) is 18.6. The molecule has 0 saturated carbocycles. The Bertz CT molecular complexity index is 1030. The highest BCUT2D eigenvalue weighted by Gasteiger charge is 2.19. The van der Waals surface area contributed by atoms with Crippen molar-refractivity contribution in [3.8, 4) is 17.6 Å². The maximum absolute atomic E-state index is 12.5. The molecule has 2 rings (SSSR count). The molecular formula is C23H24ClN3O4. The van der Waals surface area contributed by atoms with Gasteiger partial charge in [0.05, 0.1) is 17.3 Å². The standard InChI is InChI=1S/C23H24ClN3O4/c1-5-30-21-13-16(10-11-20(21)31-15(2)23(29)27(3)4)12-17(14-25)22(28)26-19-9-7-6-8-18(19)24/h6-13,15H,5H2,1-4H3,(H,26,28)/b17-12+. The third-order valence-electron chi connectivity index (χ3n) is 4.16. The van der Waals surface area contributed by atoms with Crippen LogP contribution in [0.15, 0.2) is 48.0 Å². The molecule has 0 aliphatic heterocycles. The molecule has 8 heteroatoms. The summed E-state index contributed by atoms with van der Waals surface area (Å²) in [5, 5.41) is 12.4. The van der Waals surface area contributed by atoms with E-state index in [-0.39, 0.29) is 11.5 Å². The van der Waals surface area contributed by atoms with E-state index in [4.69, 9.17) is 21.1 Å². The van der Waals surface area contributed by atoms with E-state index in [1.54, 1.807) is 63.5 Å². The molecule has 1 unspecified atom stereocenters. The lowest BCUT2D eigenvalue weighted by molar-refractivity contribution is -0.135. The summed E-state index contributed by atoms with van der Waals surface area (Å²) in [6, 6.07) is 13.6. The number of para-hydroxylation sites is 1. The molecule has 1 N–H and O–H groups in total. The van der Waals surface area contributed by atoms with Crippen LogP contribution in [0.5, 0.6) is 11.5 Å². The number of rotatable bonds is 8. The molecule has 0 saturated heterocycles. The molecule has 31 heavy (non-hydrogen) atoms. The molecule has 7 nitrogen and oxygen atoms in total. The molecule has 0 bridgehead atoms. The van der Waals surface area contributed by atoms with Crippen molar-refractivity contribution in [2.75, 3.05) is 26.0 Å². The van der Waals surface area contributed by atoms with E-state index < -0.39 is 12.0 Å². The molecule has 162 valence electrons. The largest absolute Gasteiger partial charge is 0.490 e. The van der Waals surface area contributed by atoms with Gasteiger partial charge in [0.1, 0.15) is 11.6 Å². The number of ether oxygens (including phenoxy) is 2. The molecule has 2 aromatic rings. The van der Waals surface area contributed by atoms with Crippen molar-refractivity contribution in [3.63, 3.8) is 0 Å². The highest BCUT2D eigenvalue weighted by molar-refractivity contribution is 6.34. The molecule has 0 radical (unpaired) electrons. The Labute approximate surface area is 186 Å². The summed E-state index contributed by atoms with van der Waals surface area (Å²) in [4.78, 5) is 26.0. The zero-order chi connectivity index (χ0) is 23.0. The van der Waals surface area contributed by atoms with Crippen LogP contribution < -0.4 is 14.8 Å². The predicted molar refractivity (Wildman–Crippen MR) is 120 cm³/mol. The predicted octanol–water partition coefficient (Wildman–Crippen LogP) is 4.14. The van der Waals surface area contributed by atoms with Crippen molar-refractivity contribution in [3.05, 3.63) is 58.6 Å². The van der Waals surface area contributed by atoms with Crippen LogP contribution in [0.4, 0.5) is 5.69 Å². The number of halogens is 1. The van der Waals surface area contributed by atoms with E-state index in [1.165, 1.54) is 11.0 Å². The van der Waals surface area contributed by atoms with Gasteiger partial charge in [0.2, 0.25) is 0 Å². The van der Waals surface area contributed by atoms with Crippen LogP contribution in [0.2, 0.25) is 5.02 Å². The summed E-state index contributed by atoms with van der Waals surface area (Å²) in [5.74, 6) is 0.0210. The van der Waals surface area contributed by atoms with Crippen molar-refractivity contribution in [1.82, 2.24) is 4.90 Å². The summed E-state index contributed by atoms with van der Waals surface area (Å²) in [6.07, 6.45) is 0.735. The van der Waals surface area contributed by atoms with Gasteiger partial charge in [0, 0.05) is 14.1 Å². The van der Waals surface area contributed by atoms with Gasteiger partial charge in [0.25, 0.3) is 11.8 Å². The van der Waals surface area contributed by atoms with E-state index in [9.17, 15) is 14.9 Å². The third kappa shape index (κ3) is 6.49. The summed E-state index contributed by atoms with van der Waals surface area (Å²) in [5.41, 5.74) is 0.869. The summed E-state index contributed by atoms with van der Waals surface area (Å²) < 4.78 is 11.4. The molecule has 2 aromatic carbocycles. The fraction of sp³-hybridized carbons (Fsp3) is 0.261. The maximum atomic E-state index is 12.5. The number of likely N-dealkylation sites (N-methyl/N-ethyl adjacent to an activating group) is 1. The van der Waals surface area contributed by atoms with E-state index in [0.29, 0.717) is 34.4 Å². The van der Waals surface area contributed by atoms with Crippen LogP contribution in [0.3, 0.4) is 0 Å². The van der Waals surface area contributed by atoms with Crippen LogP contribution in [0.1, 0.15) is 19.4 Å². The molecule has 0 aliphatic rings. The minimum Gasteiger partial charge on any atom is -0.490 e. The average molecular weight is 442 g/mol. The normalized spacial score (nSPS) is 11.8. The Morgan fingerprint density at radius 2 is 1.94 bits per heavy atom. The SMILES string of the molecule is CCOc1cc(/C=C(\C#N)C(=O)Nc2ccccc2Cl)ccc1OC(C)C(=O)N(C)C. The molecule has 0 aliphatic carbocycles. The third-order valence-corrected chi connectivity index (χ3v) is 4.49. The Morgan fingerprint density at radius 3 is 2.55 bits per heavy atom. The second-order valence-electron chi connectivity index (χ2n) is 6.74. The fourth-order valence-electron chi connectivity index (χ4n) is 2.65. The van der Waals surface area contributed by atoms with Gasteiger partial charge in [-0.05, 0) is 49.8 Å². The second kappa shape index (κ2) is 11.0. The quantitative estimate of drug-likeness (QED) is 0.491. The van der Waals surface area contributed by atoms with Gasteiger partial charge in [-0.1, -0.05) is 29.8 Å². The Balaban J connectivity index is 2.28. The molecule has 0 spiro atoms. The number of benzene rings is 2. The van der Waals surface area contributed by atoms with E-state index in [1.807, 2.05) is 13.0 Å². The molecule has 0 heterocycles. The van der Waals surface area contributed by atoms with Gasteiger partial charge in [-0.25, -0.2) is 0 Å². The number of carbonyl (C=O) groups is 2. The second-order valence-corrected chi connectivity index (χ2v) is 7.14. The van der Waals surface area contributed by atoms with Crippen molar-refractivity contribution in [2.45, 2.75) is 20.0 Å². The first kappa shape index (κ1) is 23.8. The van der Waals surface area contributed by atoms with E-state index >= 15 is 0 Å². The number of nitrogens with one attached hydrogen (secondary N) is 1. The molecular weight excluding hydrogens is 418 g/mol. The number of carbonyl (C=O) groups excluding carboxylic acids is 2.